The van der Waals surface area contributed by atoms with Gasteiger partial charge < -0.3 is 4.74 Å². The molecule has 15 heavy (non-hydrogen) atoms. The first-order valence-corrected chi connectivity index (χ1v) is 5.47. The van der Waals surface area contributed by atoms with Crippen molar-refractivity contribution in [2.75, 3.05) is 6.61 Å². The van der Waals surface area contributed by atoms with E-state index < -0.39 is 0 Å². The van der Waals surface area contributed by atoms with E-state index in [1.54, 1.807) is 0 Å². The van der Waals surface area contributed by atoms with Gasteiger partial charge in [0, 0.05) is 11.8 Å². The average molecular weight is 224 g/mol. The lowest BCUT2D eigenvalue weighted by Crippen LogP contribution is -2.02. The molecule has 2 nitrogen and oxygen atoms in total. The molecule has 0 N–H and O–H groups in total. The topological polar surface area (TPSA) is 33.0 Å². The van der Waals surface area contributed by atoms with Crippen LogP contribution in [0.4, 0.5) is 0 Å². The standard InChI is InChI=1S/C12H14ClNO/c1-10(9-14)6-7-15-12-4-2-11(8-13)3-5-12/h2-5,10H,6-8H2,1H3. The van der Waals surface area contributed by atoms with Crippen LogP contribution >= 0.6 is 11.6 Å². The number of hydrogen-bond donors (Lipinski definition) is 0. The van der Waals surface area contributed by atoms with Crippen LogP contribution in [0.1, 0.15) is 18.9 Å². The minimum Gasteiger partial charge on any atom is -0.494 e. The van der Waals surface area contributed by atoms with Gasteiger partial charge in [-0.05, 0) is 31.0 Å². The lowest BCUT2D eigenvalue weighted by Gasteiger charge is -2.07. The van der Waals surface area contributed by atoms with E-state index in [1.807, 2.05) is 31.2 Å². The predicted octanol–water partition coefficient (Wildman–Crippen LogP) is 3.35. The molecule has 1 atom stereocenters. The fraction of sp³-hybridized carbons (Fsp3) is 0.417. The minimum atomic E-state index is 0.0483. The van der Waals surface area contributed by atoms with Crippen molar-refractivity contribution in [1.29, 1.82) is 5.26 Å². The highest BCUT2D eigenvalue weighted by molar-refractivity contribution is 6.17. The third-order valence-corrected chi connectivity index (χ3v) is 2.43. The average Bonchev–Trinajstić information content (AvgIpc) is 2.29. The van der Waals surface area contributed by atoms with Crippen molar-refractivity contribution >= 4 is 11.6 Å². The quantitative estimate of drug-likeness (QED) is 0.718. The molecule has 1 aromatic rings. The summed E-state index contributed by atoms with van der Waals surface area (Å²) in [6.07, 6.45) is 0.758. The molecular formula is C12H14ClNO. The van der Waals surface area contributed by atoms with Crippen LogP contribution in [-0.2, 0) is 5.88 Å². The van der Waals surface area contributed by atoms with Crippen molar-refractivity contribution in [2.45, 2.75) is 19.2 Å². The van der Waals surface area contributed by atoms with E-state index in [-0.39, 0.29) is 5.92 Å². The number of nitriles is 1. The fourth-order valence-corrected chi connectivity index (χ4v) is 1.27. The maximum Gasteiger partial charge on any atom is 0.119 e. The van der Waals surface area contributed by atoms with Crippen molar-refractivity contribution < 1.29 is 4.74 Å². The second-order valence-electron chi connectivity index (χ2n) is 3.44. The monoisotopic (exact) mass is 223 g/mol. The molecule has 0 aliphatic heterocycles. The summed E-state index contributed by atoms with van der Waals surface area (Å²) in [6.45, 7) is 2.47. The number of alkyl halides is 1. The van der Waals surface area contributed by atoms with Crippen molar-refractivity contribution in [2.24, 2.45) is 5.92 Å². The van der Waals surface area contributed by atoms with E-state index in [9.17, 15) is 0 Å². The zero-order valence-electron chi connectivity index (χ0n) is 8.74. The summed E-state index contributed by atoms with van der Waals surface area (Å²) in [5.41, 5.74) is 1.08. The summed E-state index contributed by atoms with van der Waals surface area (Å²) in [5, 5.41) is 8.58. The lowest BCUT2D eigenvalue weighted by atomic mass is 10.1. The summed E-state index contributed by atoms with van der Waals surface area (Å²) < 4.78 is 5.48. The van der Waals surface area contributed by atoms with Gasteiger partial charge in [-0.2, -0.15) is 5.26 Å². The Balaban J connectivity index is 2.35. The van der Waals surface area contributed by atoms with E-state index in [0.717, 1.165) is 17.7 Å². The van der Waals surface area contributed by atoms with Gasteiger partial charge in [0.25, 0.3) is 0 Å². The van der Waals surface area contributed by atoms with Crippen molar-refractivity contribution in [1.82, 2.24) is 0 Å². The number of rotatable bonds is 5. The second-order valence-corrected chi connectivity index (χ2v) is 3.71. The zero-order chi connectivity index (χ0) is 11.1. The third-order valence-electron chi connectivity index (χ3n) is 2.12. The smallest absolute Gasteiger partial charge is 0.119 e. The first kappa shape index (κ1) is 11.9. The summed E-state index contributed by atoms with van der Waals surface area (Å²) in [7, 11) is 0. The molecule has 0 fully saturated rings. The fourth-order valence-electron chi connectivity index (χ4n) is 1.09. The van der Waals surface area contributed by atoms with Gasteiger partial charge in [-0.25, -0.2) is 0 Å². The van der Waals surface area contributed by atoms with Crippen LogP contribution in [0.25, 0.3) is 0 Å². The lowest BCUT2D eigenvalue weighted by molar-refractivity contribution is 0.297. The van der Waals surface area contributed by atoms with Crippen LogP contribution in [0.5, 0.6) is 5.75 Å². The van der Waals surface area contributed by atoms with Crippen LogP contribution in [0.15, 0.2) is 24.3 Å². The summed E-state index contributed by atoms with van der Waals surface area (Å²) in [4.78, 5) is 0. The number of ether oxygens (including phenoxy) is 1. The van der Waals surface area contributed by atoms with E-state index in [4.69, 9.17) is 21.6 Å². The van der Waals surface area contributed by atoms with Crippen LogP contribution in [0, 0.1) is 17.2 Å². The first-order valence-electron chi connectivity index (χ1n) is 4.93. The van der Waals surface area contributed by atoms with Gasteiger partial charge in [0.05, 0.1) is 12.7 Å². The molecule has 80 valence electrons. The molecule has 0 radical (unpaired) electrons. The van der Waals surface area contributed by atoms with E-state index in [2.05, 4.69) is 6.07 Å². The van der Waals surface area contributed by atoms with Gasteiger partial charge in [-0.3, -0.25) is 0 Å². The number of benzene rings is 1. The molecule has 0 amide bonds. The van der Waals surface area contributed by atoms with Gasteiger partial charge in [-0.15, -0.1) is 11.6 Å². The highest BCUT2D eigenvalue weighted by atomic mass is 35.5. The van der Waals surface area contributed by atoms with Gasteiger partial charge in [0.15, 0.2) is 0 Å². The molecule has 0 aromatic heterocycles. The summed E-state index contributed by atoms with van der Waals surface area (Å²) in [5.74, 6) is 1.40. The zero-order valence-corrected chi connectivity index (χ0v) is 9.50. The van der Waals surface area contributed by atoms with Crippen LogP contribution in [-0.4, -0.2) is 6.61 Å². The Morgan fingerprint density at radius 1 is 1.40 bits per heavy atom. The van der Waals surface area contributed by atoms with E-state index in [1.165, 1.54) is 0 Å². The largest absolute Gasteiger partial charge is 0.494 e. The Kier molecular flexibility index (Phi) is 5.00. The molecule has 0 saturated heterocycles. The van der Waals surface area contributed by atoms with E-state index >= 15 is 0 Å². The molecule has 0 heterocycles. The summed E-state index contributed by atoms with van der Waals surface area (Å²) >= 11 is 5.67. The maximum atomic E-state index is 8.58. The Labute approximate surface area is 95.4 Å². The van der Waals surface area contributed by atoms with Crippen LogP contribution < -0.4 is 4.74 Å². The molecule has 1 unspecified atom stereocenters. The second kappa shape index (κ2) is 6.31. The van der Waals surface area contributed by atoms with Gasteiger partial charge in [0.2, 0.25) is 0 Å². The molecule has 3 heteroatoms. The number of hydrogen-bond acceptors (Lipinski definition) is 2. The van der Waals surface area contributed by atoms with Gasteiger partial charge in [0.1, 0.15) is 5.75 Å². The Morgan fingerprint density at radius 2 is 2.07 bits per heavy atom. The Hall–Kier alpha value is -1.20. The molecule has 0 saturated carbocycles. The van der Waals surface area contributed by atoms with Crippen molar-refractivity contribution in [3.63, 3.8) is 0 Å². The third kappa shape index (κ3) is 4.22. The highest BCUT2D eigenvalue weighted by Gasteiger charge is 2.00. The molecular weight excluding hydrogens is 210 g/mol. The highest BCUT2D eigenvalue weighted by Crippen LogP contribution is 2.14. The van der Waals surface area contributed by atoms with Crippen LogP contribution in [0.2, 0.25) is 0 Å². The molecule has 1 aromatic carbocycles. The van der Waals surface area contributed by atoms with Gasteiger partial charge >= 0.3 is 0 Å². The van der Waals surface area contributed by atoms with Crippen LogP contribution in [0.3, 0.4) is 0 Å². The predicted molar refractivity (Wildman–Crippen MR) is 60.9 cm³/mol. The van der Waals surface area contributed by atoms with Gasteiger partial charge in [-0.1, -0.05) is 12.1 Å². The Bertz CT molecular complexity index is 328. The molecule has 0 aliphatic carbocycles. The Morgan fingerprint density at radius 3 is 2.60 bits per heavy atom. The maximum absolute atomic E-state index is 8.58. The molecule has 0 spiro atoms. The van der Waals surface area contributed by atoms with Crippen molar-refractivity contribution in [3.05, 3.63) is 29.8 Å². The van der Waals surface area contributed by atoms with Crippen molar-refractivity contribution in [3.8, 4) is 11.8 Å². The molecule has 0 bridgehead atoms. The normalized spacial score (nSPS) is 11.8. The number of nitrogens with zero attached hydrogens (tertiary/aromatic N) is 1. The SMILES string of the molecule is CC(C#N)CCOc1ccc(CCl)cc1. The minimum absolute atomic E-state index is 0.0483. The number of halogens is 1. The molecule has 0 aliphatic rings. The molecule has 1 rings (SSSR count). The summed E-state index contributed by atoms with van der Waals surface area (Å²) in [6, 6.07) is 9.85. The first-order chi connectivity index (χ1) is 7.26. The van der Waals surface area contributed by atoms with E-state index in [0.29, 0.717) is 12.5 Å².